The van der Waals surface area contributed by atoms with Crippen molar-refractivity contribution >= 4 is 31.6 Å². The number of nitrogens with one attached hydrogen (secondary N) is 1. The molecule has 202 valence electrons. The first-order chi connectivity index (χ1) is 18.2. The Morgan fingerprint density at radius 2 is 1.29 bits per heavy atom. The Balaban J connectivity index is 1.57. The Labute approximate surface area is 225 Å². The first-order valence-corrected chi connectivity index (χ1v) is 15.5. The van der Waals surface area contributed by atoms with Crippen molar-refractivity contribution in [3.05, 3.63) is 90.5 Å². The summed E-state index contributed by atoms with van der Waals surface area (Å²) in [6.45, 7) is -0.424. The second kappa shape index (κ2) is 12.2. The predicted octanol–water partition coefficient (Wildman–Crippen LogP) is 4.47. The molecule has 1 aliphatic rings. The molecule has 0 spiro atoms. The molecule has 0 aromatic heterocycles. The average Bonchev–Trinajstić information content (AvgIpc) is 2.94. The molecule has 0 heterocycles. The molecule has 0 bridgehead atoms. The van der Waals surface area contributed by atoms with E-state index in [1.165, 1.54) is 28.6 Å². The van der Waals surface area contributed by atoms with E-state index in [1.807, 2.05) is 12.1 Å². The summed E-state index contributed by atoms with van der Waals surface area (Å²) in [5.41, 5.74) is 1.28. The maximum absolute atomic E-state index is 13.7. The molecule has 1 fully saturated rings. The maximum atomic E-state index is 13.7. The highest BCUT2D eigenvalue weighted by atomic mass is 32.2. The van der Waals surface area contributed by atoms with E-state index in [0.29, 0.717) is 5.69 Å². The lowest BCUT2D eigenvalue weighted by atomic mass is 9.96. The van der Waals surface area contributed by atoms with E-state index in [9.17, 15) is 21.6 Å². The van der Waals surface area contributed by atoms with Crippen molar-refractivity contribution in [1.82, 2.24) is 8.61 Å². The first kappa shape index (κ1) is 28.0. The van der Waals surface area contributed by atoms with Crippen molar-refractivity contribution in [3.63, 3.8) is 0 Å². The number of carbonyl (C=O) groups excluding carboxylic acids is 1. The molecule has 38 heavy (non-hydrogen) atoms. The zero-order valence-corrected chi connectivity index (χ0v) is 23.0. The van der Waals surface area contributed by atoms with Gasteiger partial charge in [0.25, 0.3) is 0 Å². The highest BCUT2D eigenvalue weighted by molar-refractivity contribution is 7.89. The number of carbonyl (C=O) groups is 1. The van der Waals surface area contributed by atoms with Crippen LogP contribution in [0.15, 0.2) is 94.7 Å². The van der Waals surface area contributed by atoms with Crippen LogP contribution in [0.3, 0.4) is 0 Å². The zero-order chi connectivity index (χ0) is 27.2. The molecule has 1 amide bonds. The largest absolute Gasteiger partial charge is 0.325 e. The van der Waals surface area contributed by atoms with Gasteiger partial charge >= 0.3 is 0 Å². The zero-order valence-electron chi connectivity index (χ0n) is 21.4. The molecule has 1 N–H and O–H groups in total. The molecule has 3 aromatic rings. The molecular formula is C28H33N3O5S2. The SMILES string of the molecule is CN(C1CCCCC1)S(=O)(=O)c1ccc(S(=O)(=O)N(CC(=O)Nc2ccccc2)Cc2ccccc2)cc1. The van der Waals surface area contributed by atoms with E-state index in [-0.39, 0.29) is 22.4 Å². The van der Waals surface area contributed by atoms with Crippen LogP contribution in [0.5, 0.6) is 0 Å². The van der Waals surface area contributed by atoms with Crippen LogP contribution < -0.4 is 5.32 Å². The van der Waals surface area contributed by atoms with Crippen molar-refractivity contribution in [1.29, 1.82) is 0 Å². The first-order valence-electron chi connectivity index (χ1n) is 12.6. The number of hydrogen-bond donors (Lipinski definition) is 1. The van der Waals surface area contributed by atoms with Gasteiger partial charge in [0.05, 0.1) is 16.3 Å². The molecule has 10 heteroatoms. The summed E-state index contributed by atoms with van der Waals surface area (Å²) in [5.74, 6) is -0.482. The van der Waals surface area contributed by atoms with Crippen molar-refractivity contribution in [2.24, 2.45) is 0 Å². The number of hydrogen-bond acceptors (Lipinski definition) is 5. The Hall–Kier alpha value is -3.05. The van der Waals surface area contributed by atoms with Crippen LogP contribution in [-0.2, 0) is 31.4 Å². The van der Waals surface area contributed by atoms with E-state index >= 15 is 0 Å². The lowest BCUT2D eigenvalue weighted by molar-refractivity contribution is -0.116. The van der Waals surface area contributed by atoms with Crippen LogP contribution in [0.2, 0.25) is 0 Å². The van der Waals surface area contributed by atoms with Crippen LogP contribution in [0.1, 0.15) is 37.7 Å². The summed E-state index contributed by atoms with van der Waals surface area (Å²) in [6.07, 6.45) is 4.75. The molecule has 1 aliphatic carbocycles. The molecule has 0 atom stereocenters. The fraction of sp³-hybridized carbons (Fsp3) is 0.321. The lowest BCUT2D eigenvalue weighted by Crippen LogP contribution is -2.38. The van der Waals surface area contributed by atoms with Crippen LogP contribution in [-0.4, -0.2) is 51.0 Å². The number of para-hydroxylation sites is 1. The number of sulfonamides is 2. The van der Waals surface area contributed by atoms with Crippen LogP contribution >= 0.6 is 0 Å². The second-order valence-electron chi connectivity index (χ2n) is 9.46. The summed E-state index contributed by atoms with van der Waals surface area (Å²) >= 11 is 0. The molecule has 4 rings (SSSR count). The lowest BCUT2D eigenvalue weighted by Gasteiger charge is -2.30. The van der Waals surface area contributed by atoms with Crippen molar-refractivity contribution in [3.8, 4) is 0 Å². The third kappa shape index (κ3) is 6.68. The Morgan fingerprint density at radius 3 is 1.87 bits per heavy atom. The van der Waals surface area contributed by atoms with Crippen molar-refractivity contribution in [2.45, 2.75) is 54.5 Å². The third-order valence-electron chi connectivity index (χ3n) is 6.81. The Morgan fingerprint density at radius 1 is 0.763 bits per heavy atom. The van der Waals surface area contributed by atoms with Gasteiger partial charge in [0.15, 0.2) is 0 Å². The van der Waals surface area contributed by atoms with Gasteiger partial charge in [-0.1, -0.05) is 67.8 Å². The van der Waals surface area contributed by atoms with E-state index in [0.717, 1.165) is 42.0 Å². The molecule has 8 nitrogen and oxygen atoms in total. The van der Waals surface area contributed by atoms with Gasteiger partial charge in [-0.3, -0.25) is 4.79 Å². The van der Waals surface area contributed by atoms with Gasteiger partial charge in [-0.05, 0) is 54.8 Å². The summed E-state index contributed by atoms with van der Waals surface area (Å²) in [6, 6.07) is 23.0. The number of anilines is 1. The van der Waals surface area contributed by atoms with E-state index < -0.39 is 32.5 Å². The van der Waals surface area contributed by atoms with Crippen LogP contribution in [0.4, 0.5) is 5.69 Å². The van der Waals surface area contributed by atoms with Crippen molar-refractivity contribution in [2.75, 3.05) is 18.9 Å². The summed E-state index contributed by atoms with van der Waals surface area (Å²) in [5, 5.41) is 2.72. The maximum Gasteiger partial charge on any atom is 0.243 e. The third-order valence-corrected chi connectivity index (χ3v) is 10.5. The number of benzene rings is 3. The number of nitrogens with zero attached hydrogens (tertiary/aromatic N) is 2. The smallest absolute Gasteiger partial charge is 0.243 e. The van der Waals surface area contributed by atoms with Crippen LogP contribution in [0, 0.1) is 0 Å². The van der Waals surface area contributed by atoms with Gasteiger partial charge in [-0.15, -0.1) is 0 Å². The standard InChI is InChI=1S/C28H33N3O5S2/c1-30(25-15-9-4-10-16-25)37(33,34)26-17-19-27(20-18-26)38(35,36)31(21-23-11-5-2-6-12-23)22-28(32)29-24-13-7-3-8-14-24/h2-3,5-8,11-14,17-20,25H,4,9-10,15-16,21-22H2,1H3,(H,29,32). The second-order valence-corrected chi connectivity index (χ2v) is 13.4. The van der Waals surface area contributed by atoms with Gasteiger partial charge < -0.3 is 5.32 Å². The molecule has 0 unspecified atom stereocenters. The highest BCUT2D eigenvalue weighted by Gasteiger charge is 2.31. The van der Waals surface area contributed by atoms with Gasteiger partial charge in [0, 0.05) is 25.3 Å². The summed E-state index contributed by atoms with van der Waals surface area (Å²) in [4.78, 5) is 12.8. The van der Waals surface area contributed by atoms with E-state index in [4.69, 9.17) is 0 Å². The topological polar surface area (TPSA) is 104 Å². The quantitative estimate of drug-likeness (QED) is 0.398. The minimum absolute atomic E-state index is 0.0180. The van der Waals surface area contributed by atoms with Crippen molar-refractivity contribution < 1.29 is 21.6 Å². The Kier molecular flexibility index (Phi) is 8.99. The molecule has 1 saturated carbocycles. The highest BCUT2D eigenvalue weighted by Crippen LogP contribution is 2.27. The minimum Gasteiger partial charge on any atom is -0.325 e. The average molecular weight is 556 g/mol. The summed E-state index contributed by atoms with van der Waals surface area (Å²) in [7, 11) is -6.30. The normalized spacial score (nSPS) is 15.0. The van der Waals surface area contributed by atoms with Gasteiger partial charge in [-0.2, -0.15) is 8.61 Å². The molecule has 3 aromatic carbocycles. The predicted molar refractivity (Wildman–Crippen MR) is 147 cm³/mol. The fourth-order valence-corrected chi connectivity index (χ4v) is 7.44. The van der Waals surface area contributed by atoms with Gasteiger partial charge in [0.2, 0.25) is 26.0 Å². The summed E-state index contributed by atoms with van der Waals surface area (Å²) < 4.78 is 56.2. The molecule has 0 saturated heterocycles. The van der Waals surface area contributed by atoms with E-state index in [1.54, 1.807) is 55.6 Å². The number of rotatable bonds is 10. The minimum atomic E-state index is -4.13. The molecule has 0 radical (unpaired) electrons. The fourth-order valence-electron chi connectivity index (χ4n) is 4.63. The van der Waals surface area contributed by atoms with Gasteiger partial charge in [-0.25, -0.2) is 16.8 Å². The molecule has 0 aliphatic heterocycles. The monoisotopic (exact) mass is 555 g/mol. The van der Waals surface area contributed by atoms with Gasteiger partial charge in [0.1, 0.15) is 0 Å². The van der Waals surface area contributed by atoms with Crippen LogP contribution in [0.25, 0.3) is 0 Å². The Bertz CT molecular complexity index is 1420. The number of amides is 1. The van der Waals surface area contributed by atoms with E-state index in [2.05, 4.69) is 5.32 Å². The molecular weight excluding hydrogens is 522 g/mol.